The van der Waals surface area contributed by atoms with E-state index in [1.165, 1.54) is 24.3 Å². The van der Waals surface area contributed by atoms with Crippen molar-refractivity contribution < 1.29 is 14.5 Å². The van der Waals surface area contributed by atoms with Crippen LogP contribution >= 0.6 is 15.9 Å². The second kappa shape index (κ2) is 4.50. The van der Waals surface area contributed by atoms with Crippen molar-refractivity contribution in [3.05, 3.63) is 45.3 Å². The van der Waals surface area contributed by atoms with E-state index in [4.69, 9.17) is 0 Å². The van der Waals surface area contributed by atoms with Gasteiger partial charge < -0.3 is 5.21 Å². The standard InChI is InChI=1S/C9H6BrN3O4/c10-5-8-9(11-17-13(8)16)6-1-3-7(4-2-6)12(14)15/h1-4H,5H2. The molecule has 0 aliphatic heterocycles. The average Bonchev–Trinajstić information content (AvgIpc) is 2.70. The number of hydrogen-bond acceptors (Lipinski definition) is 5. The van der Waals surface area contributed by atoms with E-state index in [9.17, 15) is 15.3 Å². The van der Waals surface area contributed by atoms with Gasteiger partial charge in [0.15, 0.2) is 0 Å². The molecule has 0 amide bonds. The van der Waals surface area contributed by atoms with Gasteiger partial charge in [-0.3, -0.25) is 14.7 Å². The number of halogens is 1. The molecule has 0 saturated carbocycles. The minimum Gasteiger partial charge on any atom is -0.359 e. The molecule has 8 heteroatoms. The van der Waals surface area contributed by atoms with Crippen LogP contribution in [0.15, 0.2) is 28.9 Å². The summed E-state index contributed by atoms with van der Waals surface area (Å²) in [5.74, 6) is 0. The highest BCUT2D eigenvalue weighted by Crippen LogP contribution is 2.23. The Hall–Kier alpha value is -1.96. The van der Waals surface area contributed by atoms with Crippen molar-refractivity contribution in [3.63, 3.8) is 0 Å². The molecule has 1 aromatic carbocycles. The lowest BCUT2D eigenvalue weighted by molar-refractivity contribution is -0.807. The van der Waals surface area contributed by atoms with Crippen LogP contribution in [0.4, 0.5) is 5.69 Å². The molecule has 0 saturated heterocycles. The molecule has 0 bridgehead atoms. The van der Waals surface area contributed by atoms with Gasteiger partial charge in [0, 0.05) is 22.9 Å². The highest BCUT2D eigenvalue weighted by molar-refractivity contribution is 9.08. The van der Waals surface area contributed by atoms with Gasteiger partial charge >= 0.3 is 0 Å². The Balaban J connectivity index is 2.43. The molecular formula is C9H6BrN3O4. The Labute approximate surface area is 103 Å². The van der Waals surface area contributed by atoms with Gasteiger partial charge in [-0.2, -0.15) is 0 Å². The maximum atomic E-state index is 11.2. The van der Waals surface area contributed by atoms with Crippen LogP contribution in [-0.4, -0.2) is 10.1 Å². The van der Waals surface area contributed by atoms with Crippen molar-refractivity contribution >= 4 is 21.6 Å². The number of alkyl halides is 1. The highest BCUT2D eigenvalue weighted by atomic mass is 79.9. The zero-order chi connectivity index (χ0) is 12.4. The number of rotatable bonds is 3. The first-order valence-corrected chi connectivity index (χ1v) is 5.65. The fourth-order valence-electron chi connectivity index (χ4n) is 1.34. The zero-order valence-electron chi connectivity index (χ0n) is 8.37. The van der Waals surface area contributed by atoms with Crippen LogP contribution in [0, 0.1) is 15.3 Å². The van der Waals surface area contributed by atoms with Crippen molar-refractivity contribution in [3.8, 4) is 11.3 Å². The minimum atomic E-state index is -0.494. The summed E-state index contributed by atoms with van der Waals surface area (Å²) in [6.07, 6.45) is 0. The molecule has 2 rings (SSSR count). The van der Waals surface area contributed by atoms with E-state index in [2.05, 4.69) is 25.7 Å². The van der Waals surface area contributed by atoms with Crippen molar-refractivity contribution in [1.82, 2.24) is 5.16 Å². The van der Waals surface area contributed by atoms with Crippen molar-refractivity contribution in [2.75, 3.05) is 0 Å². The van der Waals surface area contributed by atoms with Crippen LogP contribution in [0.2, 0.25) is 0 Å². The Bertz CT molecular complexity index is 552. The van der Waals surface area contributed by atoms with Gasteiger partial charge in [0.2, 0.25) is 5.69 Å². The van der Waals surface area contributed by atoms with Crippen molar-refractivity contribution in [2.45, 2.75) is 5.33 Å². The maximum Gasteiger partial charge on any atom is 0.269 e. The number of non-ortho nitro benzene ring substituents is 1. The average molecular weight is 300 g/mol. The fraction of sp³-hybridized carbons (Fsp3) is 0.111. The fourth-order valence-corrected chi connectivity index (χ4v) is 1.81. The summed E-state index contributed by atoms with van der Waals surface area (Å²) in [5.41, 5.74) is 1.25. The molecule has 0 atom stereocenters. The molecule has 0 fully saturated rings. The number of nitrogens with zero attached hydrogens (tertiary/aromatic N) is 3. The largest absolute Gasteiger partial charge is 0.359 e. The second-order valence-electron chi connectivity index (χ2n) is 3.16. The molecule has 17 heavy (non-hydrogen) atoms. The molecule has 0 unspecified atom stereocenters. The van der Waals surface area contributed by atoms with Crippen molar-refractivity contribution in [2.24, 2.45) is 0 Å². The first-order chi connectivity index (χ1) is 8.13. The topological polar surface area (TPSA) is 96.1 Å². The molecule has 0 aliphatic carbocycles. The van der Waals surface area contributed by atoms with Crippen LogP contribution in [0.3, 0.4) is 0 Å². The van der Waals surface area contributed by atoms with Gasteiger partial charge in [0.05, 0.1) is 10.3 Å². The van der Waals surface area contributed by atoms with Crippen LogP contribution in [-0.2, 0) is 5.33 Å². The first kappa shape index (κ1) is 11.5. The molecule has 7 nitrogen and oxygen atoms in total. The highest BCUT2D eigenvalue weighted by Gasteiger charge is 2.20. The predicted molar refractivity (Wildman–Crippen MR) is 60.2 cm³/mol. The zero-order valence-corrected chi connectivity index (χ0v) is 9.96. The van der Waals surface area contributed by atoms with Crippen LogP contribution in [0.25, 0.3) is 11.3 Å². The Morgan fingerprint density at radius 2 is 2.06 bits per heavy atom. The summed E-state index contributed by atoms with van der Waals surface area (Å²) in [7, 11) is 0. The maximum absolute atomic E-state index is 11.2. The number of nitro groups is 1. The third kappa shape index (κ3) is 2.11. The van der Waals surface area contributed by atoms with E-state index < -0.39 is 4.92 Å². The number of benzene rings is 1. The van der Waals surface area contributed by atoms with E-state index >= 15 is 0 Å². The molecular weight excluding hydrogens is 294 g/mol. The third-order valence-electron chi connectivity index (χ3n) is 2.18. The van der Waals surface area contributed by atoms with Crippen LogP contribution in [0.1, 0.15) is 5.69 Å². The second-order valence-corrected chi connectivity index (χ2v) is 3.72. The van der Waals surface area contributed by atoms with Crippen molar-refractivity contribution in [1.29, 1.82) is 0 Å². The molecule has 2 aromatic rings. The van der Waals surface area contributed by atoms with Crippen LogP contribution < -0.4 is 4.90 Å². The lowest BCUT2D eigenvalue weighted by atomic mass is 10.1. The lowest BCUT2D eigenvalue weighted by Crippen LogP contribution is -2.27. The Morgan fingerprint density at radius 1 is 1.41 bits per heavy atom. The number of hydrogen-bond donors (Lipinski definition) is 0. The predicted octanol–water partition coefficient (Wildman–Crippen LogP) is 1.78. The summed E-state index contributed by atoms with van der Waals surface area (Å²) in [6.45, 7) is 0. The van der Waals surface area contributed by atoms with E-state index in [0.717, 1.165) is 0 Å². The van der Waals surface area contributed by atoms with Gasteiger partial charge in [0.1, 0.15) is 0 Å². The molecule has 0 spiro atoms. The Kier molecular flexibility index (Phi) is 3.05. The van der Waals surface area contributed by atoms with Gasteiger partial charge in [-0.25, -0.2) is 0 Å². The summed E-state index contributed by atoms with van der Waals surface area (Å²) in [6, 6.07) is 5.72. The third-order valence-corrected chi connectivity index (χ3v) is 2.71. The number of aromatic nitrogens is 2. The molecule has 0 radical (unpaired) electrons. The molecule has 0 N–H and O–H groups in total. The monoisotopic (exact) mass is 299 g/mol. The quantitative estimate of drug-likeness (QED) is 0.372. The molecule has 1 heterocycles. The van der Waals surface area contributed by atoms with Gasteiger partial charge in [0.25, 0.3) is 11.4 Å². The van der Waals surface area contributed by atoms with Gasteiger partial charge in [-0.05, 0) is 17.0 Å². The number of nitro benzene ring substituents is 1. The minimum absolute atomic E-state index is 0.0207. The van der Waals surface area contributed by atoms with E-state index in [-0.39, 0.29) is 11.0 Å². The first-order valence-electron chi connectivity index (χ1n) is 4.53. The molecule has 1 aromatic heterocycles. The van der Waals surface area contributed by atoms with E-state index in [1.54, 1.807) is 0 Å². The summed E-state index contributed by atoms with van der Waals surface area (Å²) >= 11 is 3.14. The van der Waals surface area contributed by atoms with Gasteiger partial charge in [-0.15, -0.1) is 0 Å². The summed E-state index contributed by atoms with van der Waals surface area (Å²) in [5, 5.41) is 25.5. The lowest BCUT2D eigenvalue weighted by Gasteiger charge is -1.94. The van der Waals surface area contributed by atoms with Crippen LogP contribution in [0.5, 0.6) is 0 Å². The molecule has 88 valence electrons. The Morgan fingerprint density at radius 3 is 2.59 bits per heavy atom. The smallest absolute Gasteiger partial charge is 0.269 e. The normalized spacial score (nSPS) is 10.4. The van der Waals surface area contributed by atoms with Gasteiger partial charge in [-0.1, -0.05) is 15.9 Å². The van der Waals surface area contributed by atoms with E-state index in [0.29, 0.717) is 21.9 Å². The van der Waals surface area contributed by atoms with E-state index in [1.807, 2.05) is 0 Å². The summed E-state index contributed by atoms with van der Waals surface area (Å²) < 4.78 is 4.47. The molecule has 0 aliphatic rings. The SMILES string of the molecule is O=[N+]([O-])c1ccc(-c2no[n+]([O-])c2CBr)cc1. The summed E-state index contributed by atoms with van der Waals surface area (Å²) in [4.78, 5) is 10.3.